The number of amides is 1. The Labute approximate surface area is 174 Å². The van der Waals surface area contributed by atoms with E-state index in [9.17, 15) is 9.59 Å². The lowest BCUT2D eigenvalue weighted by Crippen LogP contribution is -2.35. The predicted octanol–water partition coefficient (Wildman–Crippen LogP) is 5.13. The Morgan fingerprint density at radius 1 is 0.893 bits per heavy atom. The first-order chi connectivity index (χ1) is 13.4. The van der Waals surface area contributed by atoms with Crippen LogP contribution in [0.5, 0.6) is 0 Å². The highest BCUT2D eigenvalue weighted by atomic mass is 35.5. The number of carbonyl (C=O) groups excluding carboxylic acids is 1. The van der Waals surface area contributed by atoms with Gasteiger partial charge >= 0.3 is 5.97 Å². The molecule has 1 fully saturated rings. The van der Waals surface area contributed by atoms with Crippen LogP contribution >= 0.6 is 23.2 Å². The van der Waals surface area contributed by atoms with Gasteiger partial charge in [-0.15, -0.1) is 0 Å². The number of carboxylic acid groups (broad SMARTS) is 1. The quantitative estimate of drug-likeness (QED) is 0.681. The highest BCUT2D eigenvalue weighted by Crippen LogP contribution is 2.30. The summed E-state index contributed by atoms with van der Waals surface area (Å²) in [6.45, 7) is 0.558. The zero-order chi connectivity index (χ0) is 20.1. The lowest BCUT2D eigenvalue weighted by Gasteiger charge is -2.27. The minimum Gasteiger partial charge on any atom is -0.481 e. The molecule has 1 amide bonds. The van der Waals surface area contributed by atoms with E-state index in [1.165, 1.54) is 0 Å². The molecule has 2 N–H and O–H groups in total. The highest BCUT2D eigenvalue weighted by molar-refractivity contribution is 6.30. The van der Waals surface area contributed by atoms with Crippen molar-refractivity contribution in [1.82, 2.24) is 5.32 Å². The third-order valence-corrected chi connectivity index (χ3v) is 5.93. The van der Waals surface area contributed by atoms with Crippen molar-refractivity contribution < 1.29 is 14.7 Å². The number of halogens is 2. The summed E-state index contributed by atoms with van der Waals surface area (Å²) < 4.78 is 0. The molecule has 0 aromatic heterocycles. The molecule has 1 aliphatic rings. The largest absolute Gasteiger partial charge is 0.481 e. The minimum absolute atomic E-state index is 0.0787. The standard InChI is InChI=1S/C22H23Cl2NO3/c23-18-9-5-15(6-10-18)20(16-7-11-19(24)12-8-16)21(26)25-13-14-1-3-17(4-2-14)22(27)28/h5-12,14,17,20H,1-4,13H2,(H,25,26)(H,27,28). The van der Waals surface area contributed by atoms with Crippen molar-refractivity contribution in [2.24, 2.45) is 11.8 Å². The summed E-state index contributed by atoms with van der Waals surface area (Å²) in [7, 11) is 0. The van der Waals surface area contributed by atoms with Crippen LogP contribution in [0.3, 0.4) is 0 Å². The lowest BCUT2D eigenvalue weighted by molar-refractivity contribution is -0.143. The molecule has 3 rings (SSSR count). The average Bonchev–Trinajstić information content (AvgIpc) is 2.70. The van der Waals surface area contributed by atoms with Crippen molar-refractivity contribution >= 4 is 35.1 Å². The van der Waals surface area contributed by atoms with Gasteiger partial charge in [0.15, 0.2) is 0 Å². The van der Waals surface area contributed by atoms with E-state index in [4.69, 9.17) is 28.3 Å². The van der Waals surface area contributed by atoms with Crippen LogP contribution in [-0.4, -0.2) is 23.5 Å². The molecule has 2 aromatic rings. The Morgan fingerprint density at radius 2 is 1.36 bits per heavy atom. The monoisotopic (exact) mass is 419 g/mol. The number of rotatable bonds is 6. The summed E-state index contributed by atoms with van der Waals surface area (Å²) in [4.78, 5) is 24.1. The number of aliphatic carboxylic acids is 1. The van der Waals surface area contributed by atoms with Gasteiger partial charge in [-0.2, -0.15) is 0 Å². The van der Waals surface area contributed by atoms with Crippen LogP contribution in [0.2, 0.25) is 10.0 Å². The lowest BCUT2D eigenvalue weighted by atomic mass is 9.82. The molecular formula is C22H23Cl2NO3. The van der Waals surface area contributed by atoms with E-state index in [-0.39, 0.29) is 11.8 Å². The molecule has 0 spiro atoms. The SMILES string of the molecule is O=C(O)C1CCC(CNC(=O)C(c2ccc(Cl)cc2)c2ccc(Cl)cc2)CC1. The maximum atomic E-state index is 13.1. The Hall–Kier alpha value is -2.04. The maximum absolute atomic E-state index is 13.1. The van der Waals surface area contributed by atoms with Gasteiger partial charge < -0.3 is 10.4 Å². The Kier molecular flexibility index (Phi) is 6.97. The highest BCUT2D eigenvalue weighted by Gasteiger charge is 2.28. The number of benzene rings is 2. The van der Waals surface area contributed by atoms with Gasteiger partial charge in [-0.3, -0.25) is 9.59 Å². The predicted molar refractivity (Wildman–Crippen MR) is 111 cm³/mol. The Balaban J connectivity index is 1.69. The van der Waals surface area contributed by atoms with E-state index in [1.807, 2.05) is 24.3 Å². The molecule has 6 heteroatoms. The van der Waals surface area contributed by atoms with E-state index >= 15 is 0 Å². The maximum Gasteiger partial charge on any atom is 0.306 e. The molecule has 0 heterocycles. The average molecular weight is 420 g/mol. The van der Waals surface area contributed by atoms with E-state index in [0.29, 0.717) is 35.3 Å². The van der Waals surface area contributed by atoms with Crippen molar-refractivity contribution in [2.45, 2.75) is 31.6 Å². The smallest absolute Gasteiger partial charge is 0.306 e. The van der Waals surface area contributed by atoms with Crippen LogP contribution in [0.25, 0.3) is 0 Å². The topological polar surface area (TPSA) is 66.4 Å². The third-order valence-electron chi connectivity index (χ3n) is 5.43. The van der Waals surface area contributed by atoms with E-state index in [1.54, 1.807) is 24.3 Å². The zero-order valence-electron chi connectivity index (χ0n) is 15.4. The van der Waals surface area contributed by atoms with Gasteiger partial charge in [0, 0.05) is 16.6 Å². The van der Waals surface area contributed by atoms with Crippen molar-refractivity contribution in [3.63, 3.8) is 0 Å². The molecule has 0 unspecified atom stereocenters. The second-order valence-electron chi connectivity index (χ2n) is 7.34. The van der Waals surface area contributed by atoms with Crippen molar-refractivity contribution in [3.05, 3.63) is 69.7 Å². The van der Waals surface area contributed by atoms with Crippen LogP contribution < -0.4 is 5.32 Å². The fourth-order valence-electron chi connectivity index (χ4n) is 3.77. The summed E-state index contributed by atoms with van der Waals surface area (Å²) >= 11 is 12.0. The van der Waals surface area contributed by atoms with Crippen LogP contribution in [0, 0.1) is 11.8 Å². The van der Waals surface area contributed by atoms with Crippen LogP contribution in [0.4, 0.5) is 0 Å². The molecule has 148 valence electrons. The summed E-state index contributed by atoms with van der Waals surface area (Å²) in [6, 6.07) is 14.6. The summed E-state index contributed by atoms with van der Waals surface area (Å²) in [6.07, 6.45) is 2.99. The molecule has 0 atom stereocenters. The van der Waals surface area contributed by atoms with Gasteiger partial charge in [0.05, 0.1) is 11.8 Å². The zero-order valence-corrected chi connectivity index (χ0v) is 16.9. The molecule has 1 aliphatic carbocycles. The van der Waals surface area contributed by atoms with Crippen molar-refractivity contribution in [3.8, 4) is 0 Å². The molecule has 0 bridgehead atoms. The fraction of sp³-hybridized carbons (Fsp3) is 0.364. The second-order valence-corrected chi connectivity index (χ2v) is 8.21. The van der Waals surface area contributed by atoms with Gasteiger partial charge in [-0.1, -0.05) is 47.5 Å². The van der Waals surface area contributed by atoms with Crippen molar-refractivity contribution in [1.29, 1.82) is 0 Å². The molecule has 1 saturated carbocycles. The number of hydrogen-bond acceptors (Lipinski definition) is 2. The second kappa shape index (κ2) is 9.44. The van der Waals surface area contributed by atoms with Gasteiger partial charge in [0.25, 0.3) is 0 Å². The van der Waals surface area contributed by atoms with Crippen LogP contribution in [-0.2, 0) is 9.59 Å². The molecular weight excluding hydrogens is 397 g/mol. The Bertz CT molecular complexity index is 767. The third kappa shape index (κ3) is 5.27. The minimum atomic E-state index is -0.715. The van der Waals surface area contributed by atoms with Crippen LogP contribution in [0.1, 0.15) is 42.7 Å². The number of nitrogens with one attached hydrogen (secondary N) is 1. The molecule has 28 heavy (non-hydrogen) atoms. The van der Waals surface area contributed by atoms with Gasteiger partial charge in [0.1, 0.15) is 0 Å². The fourth-order valence-corrected chi connectivity index (χ4v) is 4.02. The summed E-state index contributed by atoms with van der Waals surface area (Å²) in [5.41, 5.74) is 1.72. The normalized spacial score (nSPS) is 19.4. The Morgan fingerprint density at radius 3 is 1.79 bits per heavy atom. The molecule has 0 radical (unpaired) electrons. The van der Waals surface area contributed by atoms with Crippen molar-refractivity contribution in [2.75, 3.05) is 6.54 Å². The first-order valence-corrected chi connectivity index (χ1v) is 10.2. The van der Waals surface area contributed by atoms with E-state index < -0.39 is 11.9 Å². The van der Waals surface area contributed by atoms with Gasteiger partial charge in [-0.05, 0) is 67.0 Å². The number of carboxylic acids is 1. The van der Waals surface area contributed by atoms with Gasteiger partial charge in [-0.25, -0.2) is 0 Å². The number of hydrogen-bond donors (Lipinski definition) is 2. The first-order valence-electron chi connectivity index (χ1n) is 9.45. The van der Waals surface area contributed by atoms with Crippen LogP contribution in [0.15, 0.2) is 48.5 Å². The van der Waals surface area contributed by atoms with Gasteiger partial charge in [0.2, 0.25) is 5.91 Å². The molecule has 0 aliphatic heterocycles. The first kappa shape index (κ1) is 20.7. The summed E-state index contributed by atoms with van der Waals surface area (Å²) in [5, 5.41) is 13.4. The molecule has 4 nitrogen and oxygen atoms in total. The summed E-state index contributed by atoms with van der Waals surface area (Å²) in [5.74, 6) is -1.18. The molecule has 0 saturated heterocycles. The van der Waals surface area contributed by atoms with E-state index in [2.05, 4.69) is 5.32 Å². The van der Waals surface area contributed by atoms with E-state index in [0.717, 1.165) is 24.0 Å². The number of carbonyl (C=O) groups is 2. The molecule has 2 aromatic carbocycles.